The van der Waals surface area contributed by atoms with E-state index in [-0.39, 0.29) is 6.09 Å². The Balaban J connectivity index is 1.73. The molecule has 1 N–H and O–H groups in total. The van der Waals surface area contributed by atoms with Gasteiger partial charge in [-0.05, 0) is 19.3 Å². The van der Waals surface area contributed by atoms with Gasteiger partial charge in [-0.3, -0.25) is 0 Å². The summed E-state index contributed by atoms with van der Waals surface area (Å²) in [4.78, 5) is 11.3. The number of epoxide rings is 1. The zero-order valence-corrected chi connectivity index (χ0v) is 12.3. The fourth-order valence-electron chi connectivity index (χ4n) is 2.03. The molecule has 112 valence electrons. The lowest BCUT2D eigenvalue weighted by Gasteiger charge is -2.06. The number of hydrogen-bond acceptors (Lipinski definition) is 3. The van der Waals surface area contributed by atoms with Gasteiger partial charge in [0, 0.05) is 6.54 Å². The van der Waals surface area contributed by atoms with Crippen LogP contribution in [0.4, 0.5) is 4.79 Å². The van der Waals surface area contributed by atoms with Crippen LogP contribution in [0, 0.1) is 0 Å². The van der Waals surface area contributed by atoms with Crippen LogP contribution < -0.4 is 5.32 Å². The van der Waals surface area contributed by atoms with E-state index in [1.807, 2.05) is 0 Å². The van der Waals surface area contributed by atoms with Crippen molar-refractivity contribution in [3.63, 3.8) is 0 Å². The van der Waals surface area contributed by atoms with Gasteiger partial charge in [0.15, 0.2) is 0 Å². The summed E-state index contributed by atoms with van der Waals surface area (Å²) in [5, 5.41) is 2.80. The molecule has 1 atom stereocenters. The molecule has 1 heterocycles. The number of nitrogens with one attached hydrogen (secondary N) is 1. The van der Waals surface area contributed by atoms with Crippen LogP contribution in [0.3, 0.4) is 0 Å². The Hall–Kier alpha value is -0.770. The molecule has 1 saturated heterocycles. The number of rotatable bonds is 12. The van der Waals surface area contributed by atoms with Gasteiger partial charge in [-0.2, -0.15) is 0 Å². The van der Waals surface area contributed by atoms with E-state index in [4.69, 9.17) is 9.47 Å². The second kappa shape index (κ2) is 11.1. The summed E-state index contributed by atoms with van der Waals surface area (Å²) in [5.74, 6) is 0. The standard InChI is InChI=1S/C15H29NO3/c1-2-3-4-5-6-7-8-11-16-15(17)18-12-9-10-14-13-19-14/h14H,2-13H2,1H3,(H,16,17). The molecule has 4 heteroatoms. The predicted molar refractivity (Wildman–Crippen MR) is 76.3 cm³/mol. The first-order valence-corrected chi connectivity index (χ1v) is 7.85. The molecule has 19 heavy (non-hydrogen) atoms. The molecule has 0 aliphatic carbocycles. The predicted octanol–water partition coefficient (Wildman–Crippen LogP) is 3.64. The molecular formula is C15H29NO3. The first kappa shape index (κ1) is 16.3. The first-order valence-electron chi connectivity index (χ1n) is 7.85. The number of carbonyl (C=O) groups excluding carboxylic acids is 1. The zero-order chi connectivity index (χ0) is 13.8. The maximum Gasteiger partial charge on any atom is 0.407 e. The fraction of sp³-hybridized carbons (Fsp3) is 0.933. The zero-order valence-electron chi connectivity index (χ0n) is 12.3. The van der Waals surface area contributed by atoms with Gasteiger partial charge in [-0.1, -0.05) is 45.4 Å². The second-order valence-corrected chi connectivity index (χ2v) is 5.28. The summed E-state index contributed by atoms with van der Waals surface area (Å²) in [6.45, 7) is 4.35. The van der Waals surface area contributed by atoms with Crippen molar-refractivity contribution < 1.29 is 14.3 Å². The summed E-state index contributed by atoms with van der Waals surface area (Å²) in [5.41, 5.74) is 0. The van der Waals surface area contributed by atoms with E-state index in [1.165, 1.54) is 38.5 Å². The van der Waals surface area contributed by atoms with Gasteiger partial charge in [-0.25, -0.2) is 4.79 Å². The molecule has 1 aliphatic rings. The summed E-state index contributed by atoms with van der Waals surface area (Å²) in [6.07, 6.45) is 10.9. The van der Waals surface area contributed by atoms with E-state index in [0.717, 1.165) is 32.4 Å². The van der Waals surface area contributed by atoms with Gasteiger partial charge in [0.2, 0.25) is 0 Å². The van der Waals surface area contributed by atoms with Crippen molar-refractivity contribution in [3.05, 3.63) is 0 Å². The Morgan fingerprint density at radius 2 is 1.84 bits per heavy atom. The van der Waals surface area contributed by atoms with Crippen molar-refractivity contribution in [3.8, 4) is 0 Å². The van der Waals surface area contributed by atoms with Crippen molar-refractivity contribution >= 4 is 6.09 Å². The normalized spacial score (nSPS) is 17.2. The van der Waals surface area contributed by atoms with E-state index < -0.39 is 0 Å². The number of unbranched alkanes of at least 4 members (excludes halogenated alkanes) is 6. The molecule has 0 spiro atoms. The van der Waals surface area contributed by atoms with Crippen LogP contribution in [0.1, 0.15) is 64.7 Å². The topological polar surface area (TPSA) is 50.9 Å². The largest absolute Gasteiger partial charge is 0.450 e. The maximum absolute atomic E-state index is 11.3. The average molecular weight is 271 g/mol. The highest BCUT2D eigenvalue weighted by atomic mass is 16.6. The van der Waals surface area contributed by atoms with Crippen molar-refractivity contribution in [2.45, 2.75) is 70.8 Å². The quantitative estimate of drug-likeness (QED) is 0.435. The maximum atomic E-state index is 11.3. The van der Waals surface area contributed by atoms with Crippen LogP contribution in [0.15, 0.2) is 0 Å². The molecule has 1 aliphatic heterocycles. The van der Waals surface area contributed by atoms with E-state index in [2.05, 4.69) is 12.2 Å². The van der Waals surface area contributed by atoms with Crippen LogP contribution in [-0.2, 0) is 9.47 Å². The molecule has 0 bridgehead atoms. The van der Waals surface area contributed by atoms with Crippen molar-refractivity contribution in [2.24, 2.45) is 0 Å². The van der Waals surface area contributed by atoms with Crippen molar-refractivity contribution in [1.82, 2.24) is 5.32 Å². The van der Waals surface area contributed by atoms with E-state index in [0.29, 0.717) is 12.7 Å². The highest BCUT2D eigenvalue weighted by Crippen LogP contribution is 2.14. The van der Waals surface area contributed by atoms with Gasteiger partial charge in [-0.15, -0.1) is 0 Å². The van der Waals surface area contributed by atoms with Crippen LogP contribution >= 0.6 is 0 Å². The lowest BCUT2D eigenvalue weighted by Crippen LogP contribution is -2.25. The SMILES string of the molecule is CCCCCCCCCNC(=O)OCCCC1CO1. The van der Waals surface area contributed by atoms with Gasteiger partial charge in [0.1, 0.15) is 0 Å². The highest BCUT2D eigenvalue weighted by molar-refractivity contribution is 5.66. The highest BCUT2D eigenvalue weighted by Gasteiger charge is 2.21. The molecule has 1 amide bonds. The van der Waals surface area contributed by atoms with Gasteiger partial charge in [0.05, 0.1) is 19.3 Å². The molecule has 0 radical (unpaired) electrons. The fourth-order valence-corrected chi connectivity index (χ4v) is 2.03. The number of amides is 1. The number of hydrogen-bond donors (Lipinski definition) is 1. The lowest BCUT2D eigenvalue weighted by atomic mass is 10.1. The summed E-state index contributed by atoms with van der Waals surface area (Å²) in [7, 11) is 0. The first-order chi connectivity index (χ1) is 9.33. The van der Waals surface area contributed by atoms with Crippen molar-refractivity contribution in [1.29, 1.82) is 0 Å². The summed E-state index contributed by atoms with van der Waals surface area (Å²) in [6, 6.07) is 0. The Morgan fingerprint density at radius 3 is 2.53 bits per heavy atom. The van der Waals surface area contributed by atoms with Crippen LogP contribution in [0.25, 0.3) is 0 Å². The minimum atomic E-state index is -0.275. The van der Waals surface area contributed by atoms with Crippen LogP contribution in [-0.4, -0.2) is 32.0 Å². The van der Waals surface area contributed by atoms with E-state index in [1.54, 1.807) is 0 Å². The Labute approximate surface area is 117 Å². The Kier molecular flexibility index (Phi) is 9.51. The third-order valence-corrected chi connectivity index (χ3v) is 3.36. The van der Waals surface area contributed by atoms with Gasteiger partial charge in [0.25, 0.3) is 0 Å². The molecular weight excluding hydrogens is 242 g/mol. The smallest absolute Gasteiger partial charge is 0.407 e. The van der Waals surface area contributed by atoms with Crippen LogP contribution in [0.5, 0.6) is 0 Å². The molecule has 0 aromatic heterocycles. The minimum Gasteiger partial charge on any atom is -0.450 e. The van der Waals surface area contributed by atoms with E-state index >= 15 is 0 Å². The summed E-state index contributed by atoms with van der Waals surface area (Å²) < 4.78 is 10.2. The molecule has 0 aromatic rings. The third kappa shape index (κ3) is 10.8. The number of alkyl carbamates (subject to hydrolysis) is 1. The third-order valence-electron chi connectivity index (χ3n) is 3.36. The Morgan fingerprint density at radius 1 is 1.16 bits per heavy atom. The van der Waals surface area contributed by atoms with Crippen LogP contribution in [0.2, 0.25) is 0 Å². The molecule has 1 rings (SSSR count). The second-order valence-electron chi connectivity index (χ2n) is 5.28. The lowest BCUT2D eigenvalue weighted by molar-refractivity contribution is 0.143. The van der Waals surface area contributed by atoms with Crippen molar-refractivity contribution in [2.75, 3.05) is 19.8 Å². The molecule has 0 aromatic carbocycles. The van der Waals surface area contributed by atoms with Gasteiger partial charge < -0.3 is 14.8 Å². The monoisotopic (exact) mass is 271 g/mol. The molecule has 4 nitrogen and oxygen atoms in total. The molecule has 1 fully saturated rings. The number of ether oxygens (including phenoxy) is 2. The van der Waals surface area contributed by atoms with E-state index in [9.17, 15) is 4.79 Å². The minimum absolute atomic E-state index is 0.275. The van der Waals surface area contributed by atoms with Gasteiger partial charge >= 0.3 is 6.09 Å². The average Bonchev–Trinajstić information content (AvgIpc) is 3.22. The number of carbonyl (C=O) groups is 1. The Bertz CT molecular complexity index is 229. The molecule has 1 unspecified atom stereocenters. The summed E-state index contributed by atoms with van der Waals surface area (Å²) >= 11 is 0. The molecule has 0 saturated carbocycles.